The van der Waals surface area contributed by atoms with Crippen LogP contribution in [0.2, 0.25) is 0 Å². The average molecular weight is 318 g/mol. The third-order valence-electron chi connectivity index (χ3n) is 3.04. The lowest BCUT2D eigenvalue weighted by Gasteiger charge is -2.16. The molecule has 21 heavy (non-hydrogen) atoms. The van der Waals surface area contributed by atoms with Crippen molar-refractivity contribution in [1.82, 2.24) is 9.55 Å². The highest BCUT2D eigenvalue weighted by Crippen LogP contribution is 2.34. The van der Waals surface area contributed by atoms with Gasteiger partial charge in [0.05, 0.1) is 18.3 Å². The van der Waals surface area contributed by atoms with Gasteiger partial charge in [0.1, 0.15) is 6.23 Å². The summed E-state index contributed by atoms with van der Waals surface area (Å²) in [6.45, 7) is 0.130. The summed E-state index contributed by atoms with van der Waals surface area (Å²) in [5, 5.41) is 0. The summed E-state index contributed by atoms with van der Waals surface area (Å²) in [6, 6.07) is 0. The summed E-state index contributed by atoms with van der Waals surface area (Å²) < 4.78 is 16.4. The number of hydrogen-bond acceptors (Lipinski definition) is 7. The van der Waals surface area contributed by atoms with E-state index < -0.39 is 26.1 Å². The molecule has 1 aromatic rings. The van der Waals surface area contributed by atoms with Crippen LogP contribution in [-0.4, -0.2) is 40.6 Å². The summed E-state index contributed by atoms with van der Waals surface area (Å²) >= 11 is 0. The molecule has 3 unspecified atom stereocenters. The SMILES string of the molecule is COP(O)OCC1CCC(n2cc(C=O)c(=O)[nH]c2=O)O1. The number of hydrogen-bond donors (Lipinski definition) is 2. The zero-order valence-corrected chi connectivity index (χ0v) is 12.1. The number of rotatable bonds is 6. The highest BCUT2D eigenvalue weighted by atomic mass is 31.2. The van der Waals surface area contributed by atoms with E-state index in [-0.39, 0.29) is 18.3 Å². The predicted octanol–water partition coefficient (Wildman–Crippen LogP) is -0.0911. The number of ether oxygens (including phenoxy) is 1. The van der Waals surface area contributed by atoms with Crippen molar-refractivity contribution >= 4 is 14.9 Å². The zero-order chi connectivity index (χ0) is 15.4. The number of nitrogens with one attached hydrogen (secondary N) is 1. The van der Waals surface area contributed by atoms with E-state index in [1.807, 2.05) is 0 Å². The van der Waals surface area contributed by atoms with E-state index in [9.17, 15) is 19.3 Å². The van der Waals surface area contributed by atoms with Crippen LogP contribution in [0.25, 0.3) is 0 Å². The van der Waals surface area contributed by atoms with Crippen molar-refractivity contribution in [3.63, 3.8) is 0 Å². The fourth-order valence-electron chi connectivity index (χ4n) is 2.01. The quantitative estimate of drug-likeness (QED) is 0.555. The van der Waals surface area contributed by atoms with E-state index in [1.165, 1.54) is 17.9 Å². The van der Waals surface area contributed by atoms with E-state index >= 15 is 0 Å². The second-order valence-electron chi connectivity index (χ2n) is 4.38. The minimum absolute atomic E-state index is 0.130. The fourth-order valence-corrected chi connectivity index (χ4v) is 2.41. The van der Waals surface area contributed by atoms with Gasteiger partial charge in [-0.2, -0.15) is 0 Å². The Morgan fingerprint density at radius 1 is 1.57 bits per heavy atom. The lowest BCUT2D eigenvalue weighted by atomic mass is 10.2. The highest BCUT2D eigenvalue weighted by Gasteiger charge is 2.28. The molecule has 0 aromatic carbocycles. The molecule has 1 fully saturated rings. The van der Waals surface area contributed by atoms with Crippen molar-refractivity contribution in [1.29, 1.82) is 0 Å². The normalized spacial score (nSPS) is 23.1. The number of aldehydes is 1. The Hall–Kier alpha value is -1.38. The van der Waals surface area contributed by atoms with Crippen LogP contribution in [0.15, 0.2) is 15.8 Å². The van der Waals surface area contributed by atoms with Gasteiger partial charge < -0.3 is 18.7 Å². The minimum Gasteiger partial charge on any atom is -0.352 e. The molecular formula is C11H15N2O7P. The van der Waals surface area contributed by atoms with Crippen LogP contribution >= 0.6 is 8.60 Å². The molecule has 10 heteroatoms. The Morgan fingerprint density at radius 2 is 2.33 bits per heavy atom. The van der Waals surface area contributed by atoms with Crippen LogP contribution in [0, 0.1) is 0 Å². The van der Waals surface area contributed by atoms with Crippen molar-refractivity contribution < 1.29 is 23.5 Å². The van der Waals surface area contributed by atoms with Gasteiger partial charge in [0.15, 0.2) is 6.29 Å². The summed E-state index contributed by atoms with van der Waals surface area (Å²) in [4.78, 5) is 45.0. The lowest BCUT2D eigenvalue weighted by molar-refractivity contribution is -0.0221. The minimum atomic E-state index is -1.92. The number of aromatic amines is 1. The lowest BCUT2D eigenvalue weighted by Crippen LogP contribution is -2.34. The van der Waals surface area contributed by atoms with E-state index in [2.05, 4.69) is 9.51 Å². The second-order valence-corrected chi connectivity index (χ2v) is 5.47. The van der Waals surface area contributed by atoms with Gasteiger partial charge in [-0.3, -0.25) is 19.1 Å². The van der Waals surface area contributed by atoms with Gasteiger partial charge in [-0.05, 0) is 12.8 Å². The highest BCUT2D eigenvalue weighted by molar-refractivity contribution is 7.40. The maximum atomic E-state index is 11.7. The van der Waals surface area contributed by atoms with Crippen LogP contribution in [0.5, 0.6) is 0 Å². The van der Waals surface area contributed by atoms with Gasteiger partial charge in [0.25, 0.3) is 5.56 Å². The predicted molar refractivity (Wildman–Crippen MR) is 72.0 cm³/mol. The van der Waals surface area contributed by atoms with Gasteiger partial charge in [-0.25, -0.2) is 4.79 Å². The number of H-pyrrole nitrogens is 1. The average Bonchev–Trinajstić information content (AvgIpc) is 2.93. The maximum absolute atomic E-state index is 11.7. The van der Waals surface area contributed by atoms with Crippen molar-refractivity contribution in [3.8, 4) is 0 Å². The van der Waals surface area contributed by atoms with E-state index in [4.69, 9.17) is 9.26 Å². The molecular weight excluding hydrogens is 303 g/mol. The first kappa shape index (κ1) is 16.0. The molecule has 0 saturated carbocycles. The van der Waals surface area contributed by atoms with Gasteiger partial charge in [-0.1, -0.05) is 0 Å². The van der Waals surface area contributed by atoms with Crippen molar-refractivity contribution in [3.05, 3.63) is 32.6 Å². The van der Waals surface area contributed by atoms with Gasteiger partial charge in [0.2, 0.25) is 0 Å². The first-order valence-corrected chi connectivity index (χ1v) is 7.30. The second kappa shape index (κ2) is 7.06. The van der Waals surface area contributed by atoms with Crippen molar-refractivity contribution in [2.75, 3.05) is 13.7 Å². The Kier molecular flexibility index (Phi) is 5.38. The molecule has 0 amide bonds. The molecule has 0 spiro atoms. The summed E-state index contributed by atoms with van der Waals surface area (Å²) in [5.41, 5.74) is -1.51. The van der Waals surface area contributed by atoms with Gasteiger partial charge in [-0.15, -0.1) is 0 Å². The van der Waals surface area contributed by atoms with Crippen LogP contribution in [0.3, 0.4) is 0 Å². The monoisotopic (exact) mass is 318 g/mol. The molecule has 116 valence electrons. The smallest absolute Gasteiger partial charge is 0.330 e. The first-order valence-electron chi connectivity index (χ1n) is 6.17. The molecule has 2 heterocycles. The fraction of sp³-hybridized carbons (Fsp3) is 0.545. The molecule has 2 N–H and O–H groups in total. The van der Waals surface area contributed by atoms with Crippen molar-refractivity contribution in [2.24, 2.45) is 0 Å². The van der Waals surface area contributed by atoms with Crippen LogP contribution in [0.1, 0.15) is 29.4 Å². The molecule has 1 aliphatic heterocycles. The van der Waals surface area contributed by atoms with Gasteiger partial charge in [0, 0.05) is 13.3 Å². The van der Waals surface area contributed by atoms with E-state index in [0.717, 1.165) is 0 Å². The van der Waals surface area contributed by atoms with E-state index in [1.54, 1.807) is 0 Å². The Balaban J connectivity index is 2.06. The molecule has 9 nitrogen and oxygen atoms in total. The molecule has 0 bridgehead atoms. The molecule has 3 atom stereocenters. The van der Waals surface area contributed by atoms with Crippen LogP contribution in [-0.2, 0) is 13.8 Å². The number of nitrogens with zero attached hydrogens (tertiary/aromatic N) is 1. The summed E-state index contributed by atoms with van der Waals surface area (Å²) in [6.07, 6.45) is 1.79. The van der Waals surface area contributed by atoms with Crippen LogP contribution in [0.4, 0.5) is 0 Å². The third kappa shape index (κ3) is 3.84. The molecule has 1 saturated heterocycles. The first-order chi connectivity index (χ1) is 10.0. The number of aromatic nitrogens is 2. The van der Waals surface area contributed by atoms with Crippen molar-refractivity contribution in [2.45, 2.75) is 25.2 Å². The third-order valence-corrected chi connectivity index (χ3v) is 3.73. The summed E-state index contributed by atoms with van der Waals surface area (Å²) in [5.74, 6) is 0. The standard InChI is InChI=1S/C11H15N2O7P/c1-18-21(17)19-6-8-2-3-9(20-8)13-4-7(5-14)10(15)12-11(13)16/h4-5,8-9,17H,2-3,6H2,1H3,(H,12,15,16). The Bertz CT molecular complexity index is 613. The largest absolute Gasteiger partial charge is 0.352 e. The number of carbonyl (C=O) groups is 1. The topological polar surface area (TPSA) is 120 Å². The molecule has 1 aliphatic rings. The maximum Gasteiger partial charge on any atom is 0.330 e. The zero-order valence-electron chi connectivity index (χ0n) is 11.2. The molecule has 1 aromatic heterocycles. The molecule has 0 aliphatic carbocycles. The Labute approximate surface area is 120 Å². The molecule has 0 radical (unpaired) electrons. The summed E-state index contributed by atoms with van der Waals surface area (Å²) in [7, 11) is -0.599. The number of carbonyl (C=O) groups excluding carboxylic acids is 1. The van der Waals surface area contributed by atoms with E-state index in [0.29, 0.717) is 19.1 Å². The molecule has 2 rings (SSSR count). The van der Waals surface area contributed by atoms with Gasteiger partial charge >= 0.3 is 14.3 Å². The Morgan fingerprint density at radius 3 is 3.00 bits per heavy atom. The van der Waals surface area contributed by atoms with Crippen LogP contribution < -0.4 is 11.2 Å².